The Kier molecular flexibility index (Phi) is 5.55. The largest absolute Gasteiger partial charge is 0.486 e. The number of pyridine rings is 1. The number of nitrogens with zero attached hydrogens (tertiary/aromatic N) is 2. The molecule has 0 saturated heterocycles. The summed E-state index contributed by atoms with van der Waals surface area (Å²) in [5.41, 5.74) is -0.770. The predicted molar refractivity (Wildman–Crippen MR) is 106 cm³/mol. The third-order valence-corrected chi connectivity index (χ3v) is 5.55. The van der Waals surface area contributed by atoms with Gasteiger partial charge in [-0.15, -0.1) is 11.8 Å². The van der Waals surface area contributed by atoms with E-state index in [1.807, 2.05) is 12.1 Å². The second-order valence-corrected chi connectivity index (χ2v) is 7.53. The minimum absolute atomic E-state index is 0.0219. The van der Waals surface area contributed by atoms with E-state index >= 15 is 0 Å². The number of fused-ring (bicyclic) bond motifs is 1. The number of ether oxygens (including phenoxy) is 2. The number of halogens is 3. The summed E-state index contributed by atoms with van der Waals surface area (Å²) in [5.74, 6) is 1.49. The van der Waals surface area contributed by atoms with Crippen molar-refractivity contribution in [3.05, 3.63) is 71.8 Å². The minimum Gasteiger partial charge on any atom is -0.486 e. The van der Waals surface area contributed by atoms with Crippen LogP contribution >= 0.6 is 11.8 Å². The van der Waals surface area contributed by atoms with Crippen molar-refractivity contribution >= 4 is 11.8 Å². The Bertz CT molecular complexity index is 1100. The molecule has 0 saturated carbocycles. The van der Waals surface area contributed by atoms with Crippen LogP contribution in [0.4, 0.5) is 13.2 Å². The number of rotatable bonds is 4. The lowest BCUT2D eigenvalue weighted by Crippen LogP contribution is -2.31. The fourth-order valence-electron chi connectivity index (χ4n) is 3.03. The van der Waals surface area contributed by atoms with E-state index < -0.39 is 17.3 Å². The molecule has 0 bridgehead atoms. The monoisotopic (exact) mass is 428 g/mol. The van der Waals surface area contributed by atoms with Crippen LogP contribution in [0.3, 0.4) is 0 Å². The third-order valence-electron chi connectivity index (χ3n) is 4.45. The molecule has 0 radical (unpaired) electrons. The van der Waals surface area contributed by atoms with Crippen molar-refractivity contribution in [3.63, 3.8) is 0 Å². The second-order valence-electron chi connectivity index (χ2n) is 6.52. The molecule has 0 N–H and O–H groups in total. The molecule has 2 aromatic carbocycles. The van der Waals surface area contributed by atoms with Gasteiger partial charge in [0.25, 0.3) is 0 Å². The number of aromatic nitrogens is 1. The maximum atomic E-state index is 13.6. The highest BCUT2D eigenvalue weighted by molar-refractivity contribution is 7.99. The molecular weight excluding hydrogens is 413 g/mol. The Balaban J connectivity index is 1.64. The summed E-state index contributed by atoms with van der Waals surface area (Å²) in [4.78, 5) is 4.36. The Hall–Kier alpha value is -3.18. The van der Waals surface area contributed by atoms with Gasteiger partial charge in [0.15, 0.2) is 11.5 Å². The van der Waals surface area contributed by atoms with Crippen molar-refractivity contribution in [3.8, 4) is 28.8 Å². The molecule has 0 fully saturated rings. The van der Waals surface area contributed by atoms with Gasteiger partial charge in [0.2, 0.25) is 0 Å². The van der Waals surface area contributed by atoms with E-state index in [0.29, 0.717) is 17.1 Å². The highest BCUT2D eigenvalue weighted by atomic mass is 32.2. The van der Waals surface area contributed by atoms with Gasteiger partial charge in [-0.2, -0.15) is 18.4 Å². The number of nitriles is 1. The molecule has 30 heavy (non-hydrogen) atoms. The molecule has 2 heterocycles. The zero-order valence-corrected chi connectivity index (χ0v) is 16.3. The normalized spacial score (nSPS) is 15.5. The highest BCUT2D eigenvalue weighted by Crippen LogP contribution is 2.39. The van der Waals surface area contributed by atoms with Gasteiger partial charge in [0, 0.05) is 11.3 Å². The van der Waals surface area contributed by atoms with Gasteiger partial charge in [0.1, 0.15) is 23.8 Å². The van der Waals surface area contributed by atoms with Gasteiger partial charge in [-0.3, -0.25) is 0 Å². The molecular formula is C22H15F3N2O2S. The van der Waals surface area contributed by atoms with Crippen LogP contribution < -0.4 is 9.47 Å². The minimum atomic E-state index is -4.67. The van der Waals surface area contributed by atoms with Gasteiger partial charge in [-0.1, -0.05) is 42.5 Å². The van der Waals surface area contributed by atoms with Crippen molar-refractivity contribution in [1.82, 2.24) is 4.98 Å². The van der Waals surface area contributed by atoms with Crippen LogP contribution in [-0.2, 0) is 6.18 Å². The summed E-state index contributed by atoms with van der Waals surface area (Å²) < 4.78 is 52.4. The Labute approximate surface area is 175 Å². The zero-order valence-electron chi connectivity index (χ0n) is 15.5. The molecule has 4 nitrogen and oxygen atoms in total. The first-order chi connectivity index (χ1) is 14.5. The molecule has 3 aromatic rings. The lowest BCUT2D eigenvalue weighted by atomic mass is 10.1. The molecule has 0 unspecified atom stereocenters. The number of hydrogen-bond acceptors (Lipinski definition) is 5. The van der Waals surface area contributed by atoms with Gasteiger partial charge >= 0.3 is 6.18 Å². The molecule has 0 aliphatic carbocycles. The smallest absolute Gasteiger partial charge is 0.417 e. The molecule has 1 aliphatic rings. The predicted octanol–water partition coefficient (Wildman–Crippen LogP) is 5.57. The van der Waals surface area contributed by atoms with E-state index in [1.165, 1.54) is 0 Å². The van der Waals surface area contributed by atoms with Crippen molar-refractivity contribution in [1.29, 1.82) is 5.26 Å². The summed E-state index contributed by atoms with van der Waals surface area (Å²) in [7, 11) is 0. The van der Waals surface area contributed by atoms with Crippen LogP contribution in [-0.4, -0.2) is 23.4 Å². The van der Waals surface area contributed by atoms with Gasteiger partial charge < -0.3 is 9.47 Å². The zero-order chi connectivity index (χ0) is 21.1. The van der Waals surface area contributed by atoms with Crippen molar-refractivity contribution in [2.45, 2.75) is 17.3 Å². The SMILES string of the molecule is N#Cc1c(C(F)(F)F)cc(-c2ccccc2)nc1SC[C@H]1COc2ccccc2O1. The lowest BCUT2D eigenvalue weighted by molar-refractivity contribution is -0.138. The van der Waals surface area contributed by atoms with E-state index in [9.17, 15) is 18.4 Å². The first-order valence-corrected chi connectivity index (χ1v) is 10.0. The number of para-hydroxylation sites is 2. The average Bonchev–Trinajstić information content (AvgIpc) is 2.76. The maximum Gasteiger partial charge on any atom is 0.417 e. The first-order valence-electron chi connectivity index (χ1n) is 9.05. The Morgan fingerprint density at radius 2 is 1.77 bits per heavy atom. The maximum absolute atomic E-state index is 13.6. The second kappa shape index (κ2) is 8.28. The summed E-state index contributed by atoms with van der Waals surface area (Å²) in [6.45, 7) is 0.260. The quantitative estimate of drug-likeness (QED) is 0.509. The number of benzene rings is 2. The topological polar surface area (TPSA) is 55.1 Å². The van der Waals surface area contributed by atoms with E-state index in [0.717, 1.165) is 17.8 Å². The molecule has 0 spiro atoms. The standard InChI is InChI=1S/C22H15F3N2O2S/c23-22(24,25)17-10-18(14-6-2-1-3-7-14)27-21(16(17)11-26)30-13-15-12-28-19-8-4-5-9-20(19)29-15/h1-10,15H,12-13H2/t15-/m1/s1. The van der Waals surface area contributed by atoms with Crippen LogP contribution in [0.1, 0.15) is 11.1 Å². The van der Waals surface area contributed by atoms with Gasteiger partial charge in [0.05, 0.1) is 16.8 Å². The molecule has 4 rings (SSSR count). The van der Waals surface area contributed by atoms with Crippen LogP contribution in [0.15, 0.2) is 65.7 Å². The average molecular weight is 428 g/mol. The summed E-state index contributed by atoms with van der Waals surface area (Å²) in [6, 6.07) is 18.4. The number of hydrogen-bond donors (Lipinski definition) is 0. The Morgan fingerprint density at radius 3 is 2.47 bits per heavy atom. The van der Waals surface area contributed by atoms with Crippen molar-refractivity contribution in [2.24, 2.45) is 0 Å². The third kappa shape index (κ3) is 4.21. The van der Waals surface area contributed by atoms with E-state index in [1.54, 1.807) is 48.5 Å². The summed E-state index contributed by atoms with van der Waals surface area (Å²) in [6.07, 6.45) is -5.05. The first kappa shape index (κ1) is 20.1. The molecule has 152 valence electrons. The molecule has 1 aliphatic heterocycles. The van der Waals surface area contributed by atoms with E-state index in [4.69, 9.17) is 9.47 Å². The fraction of sp³-hybridized carbons (Fsp3) is 0.182. The number of thioether (sulfide) groups is 1. The molecule has 1 atom stereocenters. The van der Waals surface area contributed by atoms with Gasteiger partial charge in [-0.25, -0.2) is 4.98 Å². The van der Waals surface area contributed by atoms with Crippen LogP contribution in [0.25, 0.3) is 11.3 Å². The van der Waals surface area contributed by atoms with Crippen LogP contribution in [0.5, 0.6) is 11.5 Å². The fourth-order valence-corrected chi connectivity index (χ4v) is 4.00. The van der Waals surface area contributed by atoms with Crippen molar-refractivity contribution < 1.29 is 22.6 Å². The van der Waals surface area contributed by atoms with Gasteiger partial charge in [-0.05, 0) is 18.2 Å². The van der Waals surface area contributed by atoms with Crippen LogP contribution in [0, 0.1) is 11.3 Å². The molecule has 1 aromatic heterocycles. The summed E-state index contributed by atoms with van der Waals surface area (Å²) in [5, 5.41) is 9.45. The van der Waals surface area contributed by atoms with Crippen molar-refractivity contribution in [2.75, 3.05) is 12.4 Å². The van der Waals surface area contributed by atoms with E-state index in [2.05, 4.69) is 4.98 Å². The number of alkyl halides is 3. The molecule has 0 amide bonds. The molecule has 8 heteroatoms. The highest BCUT2D eigenvalue weighted by Gasteiger charge is 2.36. The van der Waals surface area contributed by atoms with Crippen LogP contribution in [0.2, 0.25) is 0 Å². The summed E-state index contributed by atoms with van der Waals surface area (Å²) >= 11 is 1.05. The van der Waals surface area contributed by atoms with E-state index in [-0.39, 0.29) is 29.2 Å². The Morgan fingerprint density at radius 1 is 1.07 bits per heavy atom. The lowest BCUT2D eigenvalue weighted by Gasteiger charge is -2.26.